The van der Waals surface area contributed by atoms with Crippen LogP contribution >= 0.6 is 11.8 Å². The van der Waals surface area contributed by atoms with Gasteiger partial charge in [-0.1, -0.05) is 19.8 Å². The lowest BCUT2D eigenvalue weighted by atomic mass is 10.1. The van der Waals surface area contributed by atoms with Crippen LogP contribution in [-0.4, -0.2) is 42.0 Å². The van der Waals surface area contributed by atoms with E-state index in [2.05, 4.69) is 5.32 Å². The van der Waals surface area contributed by atoms with E-state index in [1.54, 1.807) is 0 Å². The van der Waals surface area contributed by atoms with E-state index in [-0.39, 0.29) is 12.3 Å². The quantitative estimate of drug-likeness (QED) is 0.653. The number of hydrogen-bond acceptors (Lipinski definition) is 5. The van der Waals surface area contributed by atoms with Crippen LogP contribution in [0.15, 0.2) is 23.1 Å². The summed E-state index contributed by atoms with van der Waals surface area (Å²) >= 11 is 1.54. The minimum atomic E-state index is -0.975. The van der Waals surface area contributed by atoms with E-state index in [4.69, 9.17) is 14.6 Å². The van der Waals surface area contributed by atoms with Crippen molar-refractivity contribution in [2.75, 3.05) is 19.0 Å². The van der Waals surface area contributed by atoms with Crippen molar-refractivity contribution in [3.05, 3.63) is 18.2 Å². The van der Waals surface area contributed by atoms with Crippen molar-refractivity contribution in [3.8, 4) is 11.5 Å². The molecule has 1 atom stereocenters. The third-order valence-electron chi connectivity index (χ3n) is 3.80. The molecule has 25 heavy (non-hydrogen) atoms. The molecule has 138 valence electrons. The van der Waals surface area contributed by atoms with Gasteiger partial charge in [-0.05, 0) is 24.6 Å². The number of amides is 1. The van der Waals surface area contributed by atoms with Crippen LogP contribution < -0.4 is 14.8 Å². The zero-order chi connectivity index (χ0) is 18.1. The Morgan fingerprint density at radius 3 is 2.76 bits per heavy atom. The monoisotopic (exact) mass is 367 g/mol. The number of carbonyl (C=O) groups is 2. The van der Waals surface area contributed by atoms with Gasteiger partial charge in [0, 0.05) is 23.5 Å². The minimum Gasteiger partial charge on any atom is -0.490 e. The number of nitrogens with one attached hydrogen (secondary N) is 1. The summed E-state index contributed by atoms with van der Waals surface area (Å²) in [5, 5.41) is 11.7. The standard InChI is InChI=1S/C18H25NO5S/c1-2-3-5-14(18(21)22)19-17(20)8-11-25-13-6-7-15-16(12-13)24-10-4-9-23-15/h6-7,12,14H,2-5,8-11H2,1H3,(H,19,20)(H,21,22). The molecule has 0 bridgehead atoms. The normalized spacial score (nSPS) is 14.4. The Morgan fingerprint density at radius 2 is 2.04 bits per heavy atom. The number of fused-ring (bicyclic) bond motifs is 1. The molecule has 1 aromatic carbocycles. The Hall–Kier alpha value is -1.89. The Labute approximate surface area is 152 Å². The van der Waals surface area contributed by atoms with Crippen molar-refractivity contribution in [2.24, 2.45) is 0 Å². The van der Waals surface area contributed by atoms with Gasteiger partial charge in [0.25, 0.3) is 0 Å². The molecule has 0 saturated heterocycles. The minimum absolute atomic E-state index is 0.231. The summed E-state index contributed by atoms with van der Waals surface area (Å²) in [6, 6.07) is 4.95. The average molecular weight is 367 g/mol. The molecule has 1 aliphatic heterocycles. The maximum atomic E-state index is 12.0. The number of aliphatic carboxylic acids is 1. The van der Waals surface area contributed by atoms with Crippen LogP contribution in [-0.2, 0) is 9.59 Å². The molecule has 2 rings (SSSR count). The number of benzene rings is 1. The summed E-state index contributed by atoms with van der Waals surface area (Å²) in [7, 11) is 0. The Bertz CT molecular complexity index is 593. The van der Waals surface area contributed by atoms with Crippen molar-refractivity contribution < 1.29 is 24.2 Å². The molecule has 1 aromatic rings. The molecule has 1 aliphatic rings. The van der Waals surface area contributed by atoms with Gasteiger partial charge in [0.1, 0.15) is 6.04 Å². The first-order chi connectivity index (χ1) is 12.1. The highest BCUT2D eigenvalue weighted by molar-refractivity contribution is 7.99. The van der Waals surface area contributed by atoms with E-state index in [0.717, 1.165) is 35.7 Å². The lowest BCUT2D eigenvalue weighted by Gasteiger charge is -2.14. The largest absolute Gasteiger partial charge is 0.490 e. The van der Waals surface area contributed by atoms with Gasteiger partial charge in [-0.2, -0.15) is 0 Å². The highest BCUT2D eigenvalue weighted by Crippen LogP contribution is 2.33. The summed E-state index contributed by atoms with van der Waals surface area (Å²) in [5.41, 5.74) is 0. The first-order valence-electron chi connectivity index (χ1n) is 8.64. The van der Waals surface area contributed by atoms with Gasteiger partial charge in [0.05, 0.1) is 13.2 Å². The number of rotatable bonds is 9. The number of carboxylic acids is 1. The smallest absolute Gasteiger partial charge is 0.326 e. The maximum Gasteiger partial charge on any atom is 0.326 e. The topological polar surface area (TPSA) is 84.9 Å². The highest BCUT2D eigenvalue weighted by atomic mass is 32.2. The fourth-order valence-corrected chi connectivity index (χ4v) is 3.30. The van der Waals surface area contributed by atoms with Crippen molar-refractivity contribution in [3.63, 3.8) is 0 Å². The van der Waals surface area contributed by atoms with Gasteiger partial charge in [0.2, 0.25) is 5.91 Å². The molecular formula is C18H25NO5S. The van der Waals surface area contributed by atoms with Crippen LogP contribution in [0.2, 0.25) is 0 Å². The molecule has 7 heteroatoms. The molecule has 0 radical (unpaired) electrons. The van der Waals surface area contributed by atoms with Crippen molar-refractivity contribution in [2.45, 2.75) is 50.0 Å². The van der Waals surface area contributed by atoms with Crippen LogP contribution in [0.25, 0.3) is 0 Å². The van der Waals surface area contributed by atoms with E-state index < -0.39 is 12.0 Å². The van der Waals surface area contributed by atoms with Crippen LogP contribution in [0.1, 0.15) is 39.0 Å². The van der Waals surface area contributed by atoms with Gasteiger partial charge < -0.3 is 19.9 Å². The van der Waals surface area contributed by atoms with E-state index in [9.17, 15) is 9.59 Å². The average Bonchev–Trinajstić information content (AvgIpc) is 2.83. The maximum absolute atomic E-state index is 12.0. The Morgan fingerprint density at radius 1 is 1.28 bits per heavy atom. The van der Waals surface area contributed by atoms with Gasteiger partial charge >= 0.3 is 5.97 Å². The second-order valence-electron chi connectivity index (χ2n) is 5.86. The molecule has 0 aliphatic carbocycles. The van der Waals surface area contributed by atoms with Crippen LogP contribution in [0.3, 0.4) is 0 Å². The van der Waals surface area contributed by atoms with Gasteiger partial charge in [-0.15, -0.1) is 11.8 Å². The van der Waals surface area contributed by atoms with Gasteiger partial charge in [0.15, 0.2) is 11.5 Å². The predicted molar refractivity (Wildman–Crippen MR) is 96.5 cm³/mol. The zero-order valence-electron chi connectivity index (χ0n) is 14.5. The van der Waals surface area contributed by atoms with E-state index in [1.165, 1.54) is 11.8 Å². The number of ether oxygens (including phenoxy) is 2. The molecule has 0 spiro atoms. The lowest BCUT2D eigenvalue weighted by Crippen LogP contribution is -2.40. The molecular weight excluding hydrogens is 342 g/mol. The Balaban J connectivity index is 1.78. The second-order valence-corrected chi connectivity index (χ2v) is 7.03. The fraction of sp³-hybridized carbons (Fsp3) is 0.556. The molecule has 1 amide bonds. The first-order valence-corrected chi connectivity index (χ1v) is 9.63. The molecule has 0 saturated carbocycles. The summed E-state index contributed by atoms with van der Waals surface area (Å²) < 4.78 is 11.2. The first kappa shape index (κ1) is 19.4. The predicted octanol–water partition coefficient (Wildman–Crippen LogP) is 3.09. The molecule has 0 aromatic heterocycles. The molecule has 2 N–H and O–H groups in total. The van der Waals surface area contributed by atoms with Crippen LogP contribution in [0, 0.1) is 0 Å². The highest BCUT2D eigenvalue weighted by Gasteiger charge is 2.19. The van der Waals surface area contributed by atoms with Gasteiger partial charge in [-0.3, -0.25) is 4.79 Å². The number of unbranched alkanes of at least 4 members (excludes halogenated alkanes) is 1. The summed E-state index contributed by atoms with van der Waals surface area (Å²) in [6.45, 7) is 3.28. The Kier molecular flexibility index (Phi) is 7.91. The summed E-state index contributed by atoms with van der Waals surface area (Å²) in [6.07, 6.45) is 3.28. The molecule has 6 nitrogen and oxygen atoms in total. The lowest BCUT2D eigenvalue weighted by molar-refractivity contribution is -0.142. The third kappa shape index (κ3) is 6.49. The van der Waals surface area contributed by atoms with E-state index >= 15 is 0 Å². The second kappa shape index (κ2) is 10.2. The van der Waals surface area contributed by atoms with Crippen molar-refractivity contribution >= 4 is 23.6 Å². The number of carbonyl (C=O) groups excluding carboxylic acids is 1. The summed E-state index contributed by atoms with van der Waals surface area (Å²) in [4.78, 5) is 24.1. The molecule has 0 fully saturated rings. The number of carboxylic acid groups (broad SMARTS) is 1. The van der Waals surface area contributed by atoms with Crippen molar-refractivity contribution in [1.29, 1.82) is 0 Å². The van der Waals surface area contributed by atoms with Crippen LogP contribution in [0.4, 0.5) is 0 Å². The van der Waals surface area contributed by atoms with Gasteiger partial charge in [-0.25, -0.2) is 4.79 Å². The third-order valence-corrected chi connectivity index (χ3v) is 4.79. The van der Waals surface area contributed by atoms with Crippen LogP contribution in [0.5, 0.6) is 11.5 Å². The fourth-order valence-electron chi connectivity index (χ4n) is 2.43. The van der Waals surface area contributed by atoms with E-state index in [0.29, 0.717) is 25.4 Å². The van der Waals surface area contributed by atoms with Crippen molar-refractivity contribution in [1.82, 2.24) is 5.32 Å². The SMILES string of the molecule is CCCCC(NC(=O)CCSc1ccc2c(c1)OCCCO2)C(=O)O. The van der Waals surface area contributed by atoms with E-state index in [1.807, 2.05) is 25.1 Å². The number of thioether (sulfide) groups is 1. The molecule has 1 heterocycles. The zero-order valence-corrected chi connectivity index (χ0v) is 15.3. The summed E-state index contributed by atoms with van der Waals surface area (Å²) in [5.74, 6) is 0.853. The number of hydrogen-bond donors (Lipinski definition) is 2. The molecule has 1 unspecified atom stereocenters.